The summed E-state index contributed by atoms with van der Waals surface area (Å²) in [6.45, 7) is 9.65. The fraction of sp³-hybridized carbons (Fsp3) is 0.577. The second kappa shape index (κ2) is 11.5. The number of nitrogens with one attached hydrogen (secondary N) is 1. The minimum absolute atomic E-state index is 0.0387. The Hall–Kier alpha value is -2.87. The largest absolute Gasteiger partial charge is 0.494 e. The van der Waals surface area contributed by atoms with E-state index >= 15 is 0 Å². The van der Waals surface area contributed by atoms with Gasteiger partial charge in [-0.05, 0) is 57.7 Å². The average Bonchev–Trinajstić information content (AvgIpc) is 2.85. The standard InChI is InChI=1S/C26H38N6O2/c1-20-17-31(25-28-15-24(34-3)16-29-25)18-21(2)32(20)26(33)27-12-9-22-10-13-30(14-11-22)19-23-7-5-4-6-8-23/h4-8,15-16,20-22H,9-14,17-19H2,1-3H3,(H,27,33)/t20-,21+. The van der Waals surface area contributed by atoms with E-state index in [-0.39, 0.29) is 18.1 Å². The molecule has 0 spiro atoms. The van der Waals surface area contributed by atoms with E-state index in [0.717, 1.165) is 32.6 Å². The minimum Gasteiger partial charge on any atom is -0.494 e. The molecular weight excluding hydrogens is 428 g/mol. The molecule has 0 unspecified atom stereocenters. The predicted octanol–water partition coefficient (Wildman–Crippen LogP) is 3.40. The molecule has 1 aromatic carbocycles. The van der Waals surface area contributed by atoms with E-state index in [1.165, 1.54) is 18.4 Å². The Kier molecular flexibility index (Phi) is 8.21. The van der Waals surface area contributed by atoms with Crippen LogP contribution in [0, 0.1) is 5.92 Å². The number of anilines is 1. The Morgan fingerprint density at radius 1 is 1.06 bits per heavy atom. The molecule has 34 heavy (non-hydrogen) atoms. The van der Waals surface area contributed by atoms with E-state index < -0.39 is 0 Å². The third-order valence-electron chi connectivity index (χ3n) is 7.07. The van der Waals surface area contributed by atoms with Crippen LogP contribution in [0.15, 0.2) is 42.7 Å². The van der Waals surface area contributed by atoms with Gasteiger partial charge in [-0.3, -0.25) is 4.90 Å². The number of amides is 2. The number of methoxy groups -OCH3 is 1. The van der Waals surface area contributed by atoms with Crippen LogP contribution < -0.4 is 15.0 Å². The third kappa shape index (κ3) is 6.17. The minimum atomic E-state index is 0.0387. The number of hydrogen-bond donors (Lipinski definition) is 1. The first-order valence-electron chi connectivity index (χ1n) is 12.5. The maximum atomic E-state index is 13.0. The molecule has 2 aliphatic heterocycles. The maximum Gasteiger partial charge on any atom is 0.318 e. The van der Waals surface area contributed by atoms with Gasteiger partial charge < -0.3 is 19.9 Å². The first-order chi connectivity index (χ1) is 16.5. The van der Waals surface area contributed by atoms with Crippen LogP contribution in [0.25, 0.3) is 0 Å². The van der Waals surface area contributed by atoms with E-state index in [9.17, 15) is 4.79 Å². The van der Waals surface area contributed by atoms with Gasteiger partial charge in [-0.25, -0.2) is 14.8 Å². The fourth-order valence-electron chi connectivity index (χ4n) is 5.21. The number of likely N-dealkylation sites (tertiary alicyclic amines) is 1. The number of piperidine rings is 1. The molecule has 2 atom stereocenters. The normalized spacial score (nSPS) is 22.0. The molecule has 2 aliphatic rings. The molecule has 0 saturated carbocycles. The zero-order valence-electron chi connectivity index (χ0n) is 20.7. The third-order valence-corrected chi connectivity index (χ3v) is 7.07. The van der Waals surface area contributed by atoms with Crippen LogP contribution in [-0.2, 0) is 6.54 Å². The summed E-state index contributed by atoms with van der Waals surface area (Å²) in [4.78, 5) is 28.5. The SMILES string of the molecule is COc1cnc(N2C[C@@H](C)N(C(=O)NCCC3CCN(Cc4ccccc4)CC3)[C@@H](C)C2)nc1. The molecule has 3 heterocycles. The lowest BCUT2D eigenvalue weighted by molar-refractivity contribution is 0.139. The summed E-state index contributed by atoms with van der Waals surface area (Å²) in [6, 6.07) is 10.9. The van der Waals surface area contributed by atoms with E-state index in [0.29, 0.717) is 30.7 Å². The number of piperazine rings is 1. The van der Waals surface area contributed by atoms with Gasteiger partial charge in [0.05, 0.1) is 19.5 Å². The summed E-state index contributed by atoms with van der Waals surface area (Å²) in [5.41, 5.74) is 1.38. The number of carbonyl (C=O) groups excluding carboxylic acids is 1. The van der Waals surface area contributed by atoms with Gasteiger partial charge in [0.2, 0.25) is 5.95 Å². The Morgan fingerprint density at radius 2 is 1.71 bits per heavy atom. The number of hydrogen-bond acceptors (Lipinski definition) is 6. The highest BCUT2D eigenvalue weighted by Crippen LogP contribution is 2.23. The van der Waals surface area contributed by atoms with Crippen LogP contribution in [0.2, 0.25) is 0 Å². The van der Waals surface area contributed by atoms with Gasteiger partial charge in [-0.2, -0.15) is 0 Å². The van der Waals surface area contributed by atoms with Crippen LogP contribution in [0.4, 0.5) is 10.7 Å². The second-order valence-electron chi connectivity index (χ2n) is 9.66. The van der Waals surface area contributed by atoms with Crippen LogP contribution in [0.3, 0.4) is 0 Å². The predicted molar refractivity (Wildman–Crippen MR) is 134 cm³/mol. The fourth-order valence-corrected chi connectivity index (χ4v) is 5.21. The van der Waals surface area contributed by atoms with Gasteiger partial charge in [0.15, 0.2) is 5.75 Å². The molecule has 1 N–H and O–H groups in total. The van der Waals surface area contributed by atoms with Gasteiger partial charge in [-0.15, -0.1) is 0 Å². The smallest absolute Gasteiger partial charge is 0.318 e. The second-order valence-corrected chi connectivity index (χ2v) is 9.66. The lowest BCUT2D eigenvalue weighted by Gasteiger charge is -2.44. The Morgan fingerprint density at radius 3 is 2.32 bits per heavy atom. The van der Waals surface area contributed by atoms with E-state index in [4.69, 9.17) is 4.74 Å². The number of aromatic nitrogens is 2. The zero-order valence-corrected chi connectivity index (χ0v) is 20.7. The Labute approximate surface area is 203 Å². The van der Waals surface area contributed by atoms with E-state index in [1.807, 2.05) is 4.90 Å². The van der Waals surface area contributed by atoms with Crippen molar-refractivity contribution in [2.24, 2.45) is 5.92 Å². The number of urea groups is 1. The summed E-state index contributed by atoms with van der Waals surface area (Å²) < 4.78 is 5.15. The van der Waals surface area contributed by atoms with Gasteiger partial charge in [0.1, 0.15) is 0 Å². The van der Waals surface area contributed by atoms with Gasteiger partial charge in [-0.1, -0.05) is 30.3 Å². The highest BCUT2D eigenvalue weighted by molar-refractivity contribution is 5.75. The lowest BCUT2D eigenvalue weighted by Crippen LogP contribution is -2.61. The first kappa shape index (κ1) is 24.3. The van der Waals surface area contributed by atoms with Gasteiger partial charge in [0, 0.05) is 38.3 Å². The molecule has 0 aliphatic carbocycles. The van der Waals surface area contributed by atoms with Crippen molar-refractivity contribution in [3.63, 3.8) is 0 Å². The quantitative estimate of drug-likeness (QED) is 0.674. The van der Waals surface area contributed by atoms with Crippen molar-refractivity contribution in [1.29, 1.82) is 0 Å². The molecule has 2 aromatic rings. The topological polar surface area (TPSA) is 73.8 Å². The van der Waals surface area contributed by atoms with Crippen LogP contribution in [0.1, 0.15) is 38.7 Å². The summed E-state index contributed by atoms with van der Waals surface area (Å²) in [7, 11) is 1.61. The van der Waals surface area contributed by atoms with Crippen molar-refractivity contribution in [1.82, 2.24) is 25.1 Å². The molecule has 4 rings (SSSR count). The number of nitrogens with zero attached hydrogens (tertiary/aromatic N) is 5. The van der Waals surface area contributed by atoms with Crippen LogP contribution in [-0.4, -0.2) is 77.7 Å². The molecule has 2 fully saturated rings. The molecular formula is C26H38N6O2. The number of benzene rings is 1. The maximum absolute atomic E-state index is 13.0. The van der Waals surface area contributed by atoms with Gasteiger partial charge in [0.25, 0.3) is 0 Å². The number of ether oxygens (including phenoxy) is 1. The molecule has 2 saturated heterocycles. The van der Waals surface area contributed by atoms with Gasteiger partial charge >= 0.3 is 6.03 Å². The Balaban J connectivity index is 1.18. The summed E-state index contributed by atoms with van der Waals surface area (Å²) in [5, 5.41) is 3.19. The molecule has 184 valence electrons. The van der Waals surface area contributed by atoms with Crippen molar-refractivity contribution >= 4 is 12.0 Å². The molecule has 0 bridgehead atoms. The van der Waals surface area contributed by atoms with E-state index in [2.05, 4.69) is 69.3 Å². The van der Waals surface area contributed by atoms with Crippen molar-refractivity contribution in [2.75, 3.05) is 44.7 Å². The van der Waals surface area contributed by atoms with Crippen molar-refractivity contribution in [3.8, 4) is 5.75 Å². The Bertz CT molecular complexity index is 889. The first-order valence-corrected chi connectivity index (χ1v) is 12.5. The monoisotopic (exact) mass is 466 g/mol. The van der Waals surface area contributed by atoms with Crippen molar-refractivity contribution in [2.45, 2.75) is 51.7 Å². The molecule has 1 aromatic heterocycles. The molecule has 0 radical (unpaired) electrons. The summed E-state index contributed by atoms with van der Waals surface area (Å²) in [6.07, 6.45) is 6.82. The number of carbonyl (C=O) groups is 1. The molecule has 8 heteroatoms. The van der Waals surface area contributed by atoms with Crippen LogP contribution >= 0.6 is 0 Å². The highest BCUT2D eigenvalue weighted by atomic mass is 16.5. The zero-order chi connectivity index (χ0) is 23.9. The molecule has 2 amide bonds. The van der Waals surface area contributed by atoms with E-state index in [1.54, 1.807) is 19.5 Å². The number of rotatable bonds is 7. The highest BCUT2D eigenvalue weighted by Gasteiger charge is 2.34. The summed E-state index contributed by atoms with van der Waals surface area (Å²) >= 11 is 0. The molecule has 8 nitrogen and oxygen atoms in total. The average molecular weight is 467 g/mol. The summed E-state index contributed by atoms with van der Waals surface area (Å²) in [5.74, 6) is 2.01. The van der Waals surface area contributed by atoms with Crippen molar-refractivity contribution < 1.29 is 9.53 Å². The van der Waals surface area contributed by atoms with Crippen molar-refractivity contribution in [3.05, 3.63) is 48.3 Å². The lowest BCUT2D eigenvalue weighted by atomic mass is 9.93. The van der Waals surface area contributed by atoms with Crippen LogP contribution in [0.5, 0.6) is 5.75 Å².